The summed E-state index contributed by atoms with van der Waals surface area (Å²) in [5, 5.41) is 10.4. The maximum atomic E-state index is 6.79. The van der Waals surface area contributed by atoms with Gasteiger partial charge in [-0.2, -0.15) is 4.98 Å². The highest BCUT2D eigenvalue weighted by Gasteiger charge is 2.46. The van der Waals surface area contributed by atoms with Gasteiger partial charge in [-0.3, -0.25) is 8.80 Å². The number of fused-ring (bicyclic) bond motifs is 14. The van der Waals surface area contributed by atoms with Crippen LogP contribution in [0.1, 0.15) is 105 Å². The van der Waals surface area contributed by atoms with E-state index >= 15 is 0 Å². The van der Waals surface area contributed by atoms with Crippen LogP contribution >= 0.6 is 11.3 Å². The van der Waals surface area contributed by atoms with Crippen molar-refractivity contribution in [2.75, 3.05) is 0 Å². The lowest BCUT2D eigenvalue weighted by molar-refractivity contribution is 0.360. The third kappa shape index (κ3) is 13.3. The fraction of sp³-hybridized carbons (Fsp3) is 0.140. The van der Waals surface area contributed by atoms with Crippen LogP contribution in [0.2, 0.25) is 0 Å². The highest BCUT2D eigenvalue weighted by Crippen LogP contribution is 2.54. The first-order valence-electron chi connectivity index (χ1n) is 43.6. The number of hydrogen-bond acceptors (Lipinski definition) is 8. The number of thiazole rings is 1. The van der Waals surface area contributed by atoms with Crippen LogP contribution in [-0.4, -0.2) is 34.9 Å². The first-order valence-corrected chi connectivity index (χ1v) is 48.4. The minimum atomic E-state index is -3.13. The van der Waals surface area contributed by atoms with E-state index in [2.05, 4.69) is 383 Å². The summed E-state index contributed by atoms with van der Waals surface area (Å²) in [4.78, 5) is 11.0. The molecule has 6 heterocycles. The zero-order valence-electron chi connectivity index (χ0n) is 72.9. The maximum Gasteiger partial charge on any atom is 0.307 e. The lowest BCUT2D eigenvalue weighted by Gasteiger charge is -2.37. The van der Waals surface area contributed by atoms with Crippen LogP contribution in [0, 0.1) is 0 Å². The number of nitrogens with zero attached hydrogens (tertiary/aromatic N) is 4. The molecule has 9 nitrogen and oxygen atoms in total. The number of imidazole rings is 2. The van der Waals surface area contributed by atoms with Crippen LogP contribution in [0.15, 0.2) is 368 Å². The second-order valence-electron chi connectivity index (χ2n) is 37.5. The number of rotatable bonds is 12. The zero-order chi connectivity index (χ0) is 86.2. The number of benzene rings is 16. The van der Waals surface area contributed by atoms with Crippen molar-refractivity contribution in [3.05, 3.63) is 386 Å². The molecule has 0 N–H and O–H groups in total. The van der Waals surface area contributed by atoms with Crippen LogP contribution in [0.3, 0.4) is 0 Å². The Labute approximate surface area is 741 Å². The van der Waals surface area contributed by atoms with Gasteiger partial charge in [-0.1, -0.05) is 386 Å². The Hall–Kier alpha value is -13.9. The Morgan fingerprint density at radius 2 is 0.556 bits per heavy atom. The Morgan fingerprint density at radius 1 is 0.246 bits per heavy atom. The van der Waals surface area contributed by atoms with Crippen molar-refractivity contribution in [1.29, 1.82) is 0 Å². The van der Waals surface area contributed by atoms with Crippen LogP contribution < -0.4 is 60.4 Å². The molecule has 4 aromatic heterocycles. The van der Waals surface area contributed by atoms with Gasteiger partial charge in [-0.05, 0) is 180 Å². The molecule has 0 unspecified atom stereocenters. The quantitative estimate of drug-likeness (QED) is 0.0890. The van der Waals surface area contributed by atoms with Crippen molar-refractivity contribution < 1.29 is 23.4 Å². The summed E-state index contributed by atoms with van der Waals surface area (Å²) in [6.07, 6.45) is 0. The number of aromatic nitrogens is 4. The van der Waals surface area contributed by atoms with Crippen LogP contribution in [-0.2, 0) is 21.7 Å². The number of para-hydroxylation sites is 11. The molecule has 0 atom stereocenters. The Morgan fingerprint density at radius 3 is 0.968 bits per heavy atom. The van der Waals surface area contributed by atoms with Crippen molar-refractivity contribution >= 4 is 123 Å². The third-order valence-corrected chi connectivity index (χ3v) is 36.1. The highest BCUT2D eigenvalue weighted by molar-refractivity contribution is 7.24. The largest absolute Gasteiger partial charge is 0.449 e. The second-order valence-corrected chi connectivity index (χ2v) is 46.1. The van der Waals surface area contributed by atoms with E-state index in [0.29, 0.717) is 23.1 Å². The van der Waals surface area contributed by atoms with Gasteiger partial charge in [-0.25, -0.2) is 4.98 Å². The normalized spacial score (nSPS) is 12.9. The van der Waals surface area contributed by atoms with Crippen LogP contribution in [0.5, 0.6) is 46.0 Å². The van der Waals surface area contributed by atoms with Gasteiger partial charge >= 0.3 is 5.84 Å². The molecular formula is C114H96N4O5SSi2. The molecule has 0 fully saturated rings. The standard InChI is InChI=1S/C57H48N2O3Si.C57H48N2O2SSi/c1-56(2,3)45-33-31-39(35-43(45)41-23-17-27-49-53(41)62-55-58-47-25-13-14-26-48(47)59(49)55)63(37-19-9-7-10-20-37,38-21-11-8-12-22-38)40-32-34-46(57(4,5)6)44(36-40)42-24-18-30-52-54(42)61-51-29-16-15-28-50(51)60-52;1-56(2,3)45-33-31-39(35-43(45)41-23-18-30-52-53(41)61-51-29-16-15-28-50(51)60-52)63(37-19-9-7-10-20-37,38-21-11-8-12-22-38)40-32-34-46(57(4,5)6)44(36-40)42-24-17-27-49-54(42)62-55-58-47-25-13-14-26-48(47)59(49)55/h2*7-36H,1-6H3. The molecule has 22 rings (SSSR count). The van der Waals surface area contributed by atoms with Gasteiger partial charge in [-0.15, -0.1) is 0 Å². The topological polar surface area (TPSA) is 84.7 Å². The zero-order valence-corrected chi connectivity index (χ0v) is 75.7. The highest BCUT2D eigenvalue weighted by atomic mass is 32.1. The molecule has 616 valence electrons. The number of hydrogen-bond donors (Lipinski definition) is 0. The summed E-state index contributed by atoms with van der Waals surface area (Å²) < 4.78 is 39.1. The SMILES string of the molecule is CC(C)(C)c1ccc([Si](c2ccccc2)(c2ccccc2)c2ccc(C(C)(C)C)c(-c3cccc4c3oc3nc5ccccc5n34)c2)cc1-c1cccc2c1Oc1ccccc1O2.CC(C)(C)c1ccc([Si](c2ccccc2)(c2ccccc2)c2ccc(C(C)(C)C)c(-c3cccc4c3sc3nc5ccccc5n34)c2)cc1-c1cccc2c1Oc1ccccc1O2. The molecule has 12 heteroatoms. The summed E-state index contributed by atoms with van der Waals surface area (Å²) in [5.74, 6) is 6.36. The smallest absolute Gasteiger partial charge is 0.307 e. The molecule has 0 bridgehead atoms. The molecule has 0 amide bonds. The number of oxazole rings is 1. The maximum absolute atomic E-state index is 6.79. The number of ether oxygens (including phenoxy) is 4. The molecule has 16 aromatic carbocycles. The van der Waals surface area contributed by atoms with Gasteiger partial charge < -0.3 is 23.4 Å². The van der Waals surface area contributed by atoms with E-state index < -0.39 is 16.1 Å². The van der Waals surface area contributed by atoms with Crippen molar-refractivity contribution in [2.45, 2.75) is 105 Å². The minimum Gasteiger partial charge on any atom is -0.449 e. The van der Waals surface area contributed by atoms with E-state index in [1.165, 1.54) is 85.1 Å². The van der Waals surface area contributed by atoms with Crippen molar-refractivity contribution in [3.8, 4) is 90.5 Å². The van der Waals surface area contributed by atoms with Gasteiger partial charge in [0.1, 0.15) is 0 Å². The van der Waals surface area contributed by atoms with E-state index in [1.807, 2.05) is 72.8 Å². The van der Waals surface area contributed by atoms with Crippen molar-refractivity contribution in [2.24, 2.45) is 0 Å². The Balaban J connectivity index is 0.000000154. The average molecular weight is 1690 g/mol. The van der Waals surface area contributed by atoms with E-state index in [9.17, 15) is 0 Å². The average Bonchev–Trinajstić information content (AvgIpc) is 0.876. The molecule has 0 radical (unpaired) electrons. The summed E-state index contributed by atoms with van der Waals surface area (Å²) in [6.45, 7) is 27.7. The summed E-state index contributed by atoms with van der Waals surface area (Å²) in [7, 11) is -6.22. The fourth-order valence-electron chi connectivity index (χ4n) is 19.7. The van der Waals surface area contributed by atoms with E-state index in [1.54, 1.807) is 11.3 Å². The van der Waals surface area contributed by atoms with Gasteiger partial charge in [0.25, 0.3) is 0 Å². The molecule has 0 spiro atoms. The first-order chi connectivity index (χ1) is 61.0. The summed E-state index contributed by atoms with van der Waals surface area (Å²) in [5.41, 5.74) is 20.5. The second kappa shape index (κ2) is 30.5. The van der Waals surface area contributed by atoms with E-state index in [-0.39, 0.29) is 21.7 Å². The predicted octanol–water partition coefficient (Wildman–Crippen LogP) is 25.3. The molecule has 0 saturated heterocycles. The summed E-state index contributed by atoms with van der Waals surface area (Å²) in [6, 6.07) is 132. The van der Waals surface area contributed by atoms with E-state index in [4.69, 9.17) is 33.3 Å². The molecule has 20 aromatic rings. The molecule has 2 aliphatic heterocycles. The van der Waals surface area contributed by atoms with Gasteiger partial charge in [0.2, 0.25) is 0 Å². The summed E-state index contributed by atoms with van der Waals surface area (Å²) >= 11 is 1.78. The minimum absolute atomic E-state index is 0.127. The fourth-order valence-corrected chi connectivity index (χ4v) is 30.4. The monoisotopic (exact) mass is 1690 g/mol. The van der Waals surface area contributed by atoms with Crippen LogP contribution in [0.4, 0.5) is 0 Å². The molecular weight excluding hydrogens is 1590 g/mol. The lowest BCUT2D eigenvalue weighted by Crippen LogP contribution is -2.74. The predicted molar refractivity (Wildman–Crippen MR) is 528 cm³/mol. The molecule has 2 aliphatic rings. The van der Waals surface area contributed by atoms with Gasteiger partial charge in [0, 0.05) is 22.3 Å². The van der Waals surface area contributed by atoms with Crippen LogP contribution in [0.25, 0.3) is 98.7 Å². The van der Waals surface area contributed by atoms with Gasteiger partial charge in [0.05, 0.1) is 37.8 Å². The molecule has 0 saturated carbocycles. The van der Waals surface area contributed by atoms with Crippen molar-refractivity contribution in [3.63, 3.8) is 0 Å². The molecule has 0 aliphatic carbocycles. The molecule has 126 heavy (non-hydrogen) atoms. The van der Waals surface area contributed by atoms with E-state index in [0.717, 1.165) is 100 Å². The van der Waals surface area contributed by atoms with Crippen molar-refractivity contribution in [1.82, 2.24) is 18.8 Å². The lowest BCUT2D eigenvalue weighted by atomic mass is 9.81. The Kier molecular flexibility index (Phi) is 19.2. The third-order valence-electron chi connectivity index (χ3n) is 25.5. The first kappa shape index (κ1) is 79.3. The Bertz CT molecular complexity index is 7120. The van der Waals surface area contributed by atoms with Gasteiger partial charge in [0.15, 0.2) is 72.7 Å².